The van der Waals surface area contributed by atoms with E-state index in [1.165, 1.54) is 6.07 Å². The first-order valence-electron chi connectivity index (χ1n) is 6.55. The summed E-state index contributed by atoms with van der Waals surface area (Å²) in [7, 11) is -1.56. The molecule has 0 atom stereocenters. The highest BCUT2D eigenvalue weighted by atomic mass is 16.4. The molecule has 1 aromatic heterocycles. The highest BCUT2D eigenvalue weighted by molar-refractivity contribution is 6.58. The molecule has 0 unspecified atom stereocenters. The molecule has 3 aromatic rings. The fourth-order valence-electron chi connectivity index (χ4n) is 2.26. The molecule has 0 saturated carbocycles. The lowest BCUT2D eigenvalue weighted by molar-refractivity contribution is 0.426. The van der Waals surface area contributed by atoms with Gasteiger partial charge in [0.1, 0.15) is 11.3 Å². The average molecular weight is 280 g/mol. The zero-order valence-electron chi connectivity index (χ0n) is 11.4. The molecule has 2 aromatic carbocycles. The van der Waals surface area contributed by atoms with E-state index < -0.39 is 7.12 Å². The van der Waals surface area contributed by atoms with Crippen molar-refractivity contribution < 1.29 is 14.5 Å². The third-order valence-electron chi connectivity index (χ3n) is 3.35. The second kappa shape index (κ2) is 5.20. The van der Waals surface area contributed by atoms with E-state index in [0.29, 0.717) is 27.8 Å². The Bertz CT molecular complexity index is 868. The lowest BCUT2D eigenvalue weighted by Gasteiger charge is -2.06. The van der Waals surface area contributed by atoms with E-state index in [9.17, 15) is 14.8 Å². The number of hydrogen-bond donors (Lipinski definition) is 2. The van der Waals surface area contributed by atoms with Crippen molar-refractivity contribution in [2.45, 2.75) is 6.92 Å². The van der Waals surface area contributed by atoms with Crippen molar-refractivity contribution in [1.82, 2.24) is 0 Å². The molecule has 1 heterocycles. The summed E-state index contributed by atoms with van der Waals surface area (Å²) in [6.07, 6.45) is 0. The minimum absolute atomic E-state index is 0.124. The first kappa shape index (κ1) is 13.6. The van der Waals surface area contributed by atoms with Gasteiger partial charge < -0.3 is 14.5 Å². The van der Waals surface area contributed by atoms with E-state index in [2.05, 4.69) is 0 Å². The SMILES string of the molecule is Cc1ccc2c(=O)cc(-c3cccc(B(O)O)c3)oc2c1. The Morgan fingerprint density at radius 3 is 2.62 bits per heavy atom. The summed E-state index contributed by atoms with van der Waals surface area (Å²) >= 11 is 0. The lowest BCUT2D eigenvalue weighted by atomic mass is 9.79. The summed E-state index contributed by atoms with van der Waals surface area (Å²) < 4.78 is 5.78. The van der Waals surface area contributed by atoms with E-state index in [-0.39, 0.29) is 5.43 Å². The van der Waals surface area contributed by atoms with Crippen LogP contribution in [0.2, 0.25) is 0 Å². The minimum atomic E-state index is -1.56. The van der Waals surface area contributed by atoms with Crippen molar-refractivity contribution in [2.24, 2.45) is 0 Å². The molecule has 3 rings (SSSR count). The molecule has 4 nitrogen and oxygen atoms in total. The van der Waals surface area contributed by atoms with Gasteiger partial charge in [0.25, 0.3) is 0 Å². The zero-order chi connectivity index (χ0) is 15.0. The molecule has 0 bridgehead atoms. The number of rotatable bonds is 2. The Kier molecular flexibility index (Phi) is 3.37. The second-order valence-corrected chi connectivity index (χ2v) is 4.97. The summed E-state index contributed by atoms with van der Waals surface area (Å²) in [6.45, 7) is 1.93. The molecule has 0 saturated heterocycles. The molecule has 0 aliphatic heterocycles. The van der Waals surface area contributed by atoms with Crippen LogP contribution in [0, 0.1) is 6.92 Å². The van der Waals surface area contributed by atoms with Gasteiger partial charge in [-0.15, -0.1) is 0 Å². The number of hydrogen-bond acceptors (Lipinski definition) is 4. The molecule has 0 aliphatic carbocycles. The maximum atomic E-state index is 12.1. The standard InChI is InChI=1S/C16H13BO4/c1-10-5-6-13-14(18)9-15(21-16(13)7-10)11-3-2-4-12(8-11)17(19)20/h2-9,19-20H,1H3. The minimum Gasteiger partial charge on any atom is -0.456 e. The van der Waals surface area contributed by atoms with Crippen LogP contribution >= 0.6 is 0 Å². The fraction of sp³-hybridized carbons (Fsp3) is 0.0625. The van der Waals surface area contributed by atoms with Crippen molar-refractivity contribution in [3.8, 4) is 11.3 Å². The lowest BCUT2D eigenvalue weighted by Crippen LogP contribution is -2.29. The topological polar surface area (TPSA) is 70.7 Å². The van der Waals surface area contributed by atoms with Crippen LogP contribution in [0.15, 0.2) is 57.7 Å². The molecular formula is C16H13BO4. The number of fused-ring (bicyclic) bond motifs is 1. The van der Waals surface area contributed by atoms with Gasteiger partial charge in [0.15, 0.2) is 5.43 Å². The van der Waals surface area contributed by atoms with Crippen LogP contribution in [-0.4, -0.2) is 17.2 Å². The van der Waals surface area contributed by atoms with Crippen LogP contribution in [0.25, 0.3) is 22.3 Å². The summed E-state index contributed by atoms with van der Waals surface area (Å²) in [5, 5.41) is 19.0. The number of aryl methyl sites for hydroxylation is 1. The highest BCUT2D eigenvalue weighted by Crippen LogP contribution is 2.22. The van der Waals surface area contributed by atoms with Crippen LogP contribution < -0.4 is 10.9 Å². The van der Waals surface area contributed by atoms with Gasteiger partial charge in [-0.1, -0.05) is 30.3 Å². The monoisotopic (exact) mass is 280 g/mol. The Hall–Kier alpha value is -2.37. The van der Waals surface area contributed by atoms with Gasteiger partial charge in [0, 0.05) is 11.6 Å². The molecule has 104 valence electrons. The molecule has 21 heavy (non-hydrogen) atoms. The van der Waals surface area contributed by atoms with Crippen molar-refractivity contribution in [3.63, 3.8) is 0 Å². The predicted octanol–water partition coefficient (Wildman–Crippen LogP) is 1.45. The summed E-state index contributed by atoms with van der Waals surface area (Å²) in [4.78, 5) is 12.1. The average Bonchev–Trinajstić information content (AvgIpc) is 2.46. The third kappa shape index (κ3) is 2.61. The van der Waals surface area contributed by atoms with Gasteiger partial charge in [0.2, 0.25) is 0 Å². The van der Waals surface area contributed by atoms with Crippen LogP contribution in [0.5, 0.6) is 0 Å². The summed E-state index contributed by atoms with van der Waals surface area (Å²) in [6, 6.07) is 13.5. The number of benzene rings is 2. The van der Waals surface area contributed by atoms with Gasteiger partial charge in [-0.2, -0.15) is 0 Å². The predicted molar refractivity (Wildman–Crippen MR) is 82.5 cm³/mol. The first-order chi connectivity index (χ1) is 10.0. The Labute approximate surface area is 121 Å². The highest BCUT2D eigenvalue weighted by Gasteiger charge is 2.13. The molecule has 2 N–H and O–H groups in total. The fourth-order valence-corrected chi connectivity index (χ4v) is 2.26. The van der Waals surface area contributed by atoms with Gasteiger partial charge in [0.05, 0.1) is 5.39 Å². The van der Waals surface area contributed by atoms with E-state index in [4.69, 9.17) is 4.42 Å². The molecule has 5 heteroatoms. The second-order valence-electron chi connectivity index (χ2n) is 4.97. The van der Waals surface area contributed by atoms with Crippen molar-refractivity contribution in [1.29, 1.82) is 0 Å². The van der Waals surface area contributed by atoms with Crippen molar-refractivity contribution in [3.05, 3.63) is 64.3 Å². The largest absolute Gasteiger partial charge is 0.488 e. The van der Waals surface area contributed by atoms with Gasteiger partial charge in [-0.3, -0.25) is 4.79 Å². The molecule has 0 radical (unpaired) electrons. The normalized spacial score (nSPS) is 10.8. The maximum Gasteiger partial charge on any atom is 0.488 e. The summed E-state index contributed by atoms with van der Waals surface area (Å²) in [5.74, 6) is 0.403. The Morgan fingerprint density at radius 1 is 1.05 bits per heavy atom. The zero-order valence-corrected chi connectivity index (χ0v) is 11.4. The van der Waals surface area contributed by atoms with Gasteiger partial charge in [-0.05, 0) is 30.1 Å². The van der Waals surface area contributed by atoms with Crippen molar-refractivity contribution in [2.75, 3.05) is 0 Å². The molecular weight excluding hydrogens is 267 g/mol. The van der Waals surface area contributed by atoms with Crippen LogP contribution in [0.3, 0.4) is 0 Å². The van der Waals surface area contributed by atoms with E-state index >= 15 is 0 Å². The van der Waals surface area contributed by atoms with E-state index in [0.717, 1.165) is 5.56 Å². The smallest absolute Gasteiger partial charge is 0.456 e. The Morgan fingerprint density at radius 2 is 1.86 bits per heavy atom. The first-order valence-corrected chi connectivity index (χ1v) is 6.55. The van der Waals surface area contributed by atoms with E-state index in [1.54, 1.807) is 30.3 Å². The van der Waals surface area contributed by atoms with E-state index in [1.807, 2.05) is 19.1 Å². The van der Waals surface area contributed by atoms with Crippen molar-refractivity contribution >= 4 is 23.6 Å². The Balaban J connectivity index is 2.21. The molecule has 0 fully saturated rings. The molecule has 0 aliphatic rings. The van der Waals surface area contributed by atoms with Crippen LogP contribution in [0.1, 0.15) is 5.56 Å². The third-order valence-corrected chi connectivity index (χ3v) is 3.35. The van der Waals surface area contributed by atoms with Crippen LogP contribution in [-0.2, 0) is 0 Å². The maximum absolute atomic E-state index is 12.1. The molecule has 0 amide bonds. The van der Waals surface area contributed by atoms with Gasteiger partial charge in [-0.25, -0.2) is 0 Å². The molecule has 0 spiro atoms. The van der Waals surface area contributed by atoms with Crippen LogP contribution in [0.4, 0.5) is 0 Å². The summed E-state index contributed by atoms with van der Waals surface area (Å²) in [5.41, 5.74) is 2.37. The quantitative estimate of drug-likeness (QED) is 0.697. The van der Waals surface area contributed by atoms with Gasteiger partial charge >= 0.3 is 7.12 Å².